The van der Waals surface area contributed by atoms with Crippen LogP contribution in [0.15, 0.2) is 24.3 Å². The number of nitrogens with one attached hydrogen (secondary N) is 1. The number of nitrogens with zero attached hydrogens (tertiary/aromatic N) is 1. The van der Waals surface area contributed by atoms with Crippen LogP contribution in [0.4, 0.5) is 5.69 Å². The van der Waals surface area contributed by atoms with Crippen molar-refractivity contribution in [2.24, 2.45) is 11.3 Å². The van der Waals surface area contributed by atoms with E-state index in [1.54, 1.807) is 24.3 Å². The lowest BCUT2D eigenvalue weighted by Gasteiger charge is -2.36. The maximum Gasteiger partial charge on any atom is 0.300 e. The van der Waals surface area contributed by atoms with Gasteiger partial charge in [0.1, 0.15) is 6.04 Å². The van der Waals surface area contributed by atoms with E-state index in [2.05, 4.69) is 26.1 Å². The van der Waals surface area contributed by atoms with E-state index in [0.29, 0.717) is 11.3 Å². The summed E-state index contributed by atoms with van der Waals surface area (Å²) < 4.78 is 0. The fourth-order valence-electron chi connectivity index (χ4n) is 4.22. The van der Waals surface area contributed by atoms with Gasteiger partial charge in [0.2, 0.25) is 5.91 Å². The first-order valence-corrected chi connectivity index (χ1v) is 9.29. The molecule has 1 atom stereocenters. The highest BCUT2D eigenvalue weighted by Crippen LogP contribution is 2.41. The molecule has 1 N–H and O–H groups in total. The van der Waals surface area contributed by atoms with Crippen LogP contribution >= 0.6 is 0 Å². The van der Waals surface area contributed by atoms with Crippen LogP contribution in [0.1, 0.15) is 64.2 Å². The van der Waals surface area contributed by atoms with Gasteiger partial charge in [-0.3, -0.25) is 19.3 Å². The maximum absolute atomic E-state index is 13.2. The van der Waals surface area contributed by atoms with Gasteiger partial charge in [0.15, 0.2) is 0 Å². The Hall–Kier alpha value is -2.17. The number of benzene rings is 1. The fraction of sp³-hybridized carbons (Fsp3) is 0.571. The number of amides is 2. The number of fused-ring (bicyclic) bond motifs is 1. The van der Waals surface area contributed by atoms with E-state index in [1.807, 2.05) is 13.8 Å². The first kappa shape index (κ1) is 18.6. The molecule has 0 spiro atoms. The molecule has 1 aromatic carbocycles. The minimum atomic E-state index is -0.616. The second-order valence-corrected chi connectivity index (χ2v) is 9.41. The van der Waals surface area contributed by atoms with Gasteiger partial charge in [0.25, 0.3) is 11.7 Å². The number of ketones is 1. The van der Waals surface area contributed by atoms with Gasteiger partial charge in [-0.1, -0.05) is 32.9 Å². The van der Waals surface area contributed by atoms with Crippen LogP contribution < -0.4 is 10.2 Å². The molecule has 0 saturated heterocycles. The summed E-state index contributed by atoms with van der Waals surface area (Å²) in [6, 6.07) is 6.33. The van der Waals surface area contributed by atoms with Crippen molar-refractivity contribution in [3.63, 3.8) is 0 Å². The number of carbonyl (C=O) groups excluding carboxylic acids is 3. The molecule has 140 valence electrons. The standard InChI is InChI=1S/C21H28N2O3/c1-20(2,3)12-21(4,5)22-18(25)16(13-10-11-13)23-15-9-7-6-8-14(15)17(24)19(23)26/h6-9,13,16H,10-12H2,1-5H3,(H,22,25). The van der Waals surface area contributed by atoms with Crippen LogP contribution in [0.5, 0.6) is 0 Å². The molecule has 1 aliphatic heterocycles. The molecule has 5 nitrogen and oxygen atoms in total. The highest BCUT2D eigenvalue weighted by Gasteiger charge is 2.49. The Morgan fingerprint density at radius 1 is 1.15 bits per heavy atom. The third kappa shape index (κ3) is 3.67. The molecule has 1 fully saturated rings. The summed E-state index contributed by atoms with van der Waals surface area (Å²) >= 11 is 0. The molecule has 0 aromatic heterocycles. The van der Waals surface area contributed by atoms with Gasteiger partial charge in [-0.2, -0.15) is 0 Å². The van der Waals surface area contributed by atoms with E-state index in [0.717, 1.165) is 19.3 Å². The van der Waals surface area contributed by atoms with Gasteiger partial charge in [-0.05, 0) is 56.6 Å². The molecule has 1 aliphatic carbocycles. The fourth-order valence-corrected chi connectivity index (χ4v) is 4.22. The lowest BCUT2D eigenvalue weighted by molar-refractivity contribution is -0.127. The number of rotatable bonds is 5. The van der Waals surface area contributed by atoms with Gasteiger partial charge >= 0.3 is 0 Å². The number of carbonyl (C=O) groups is 3. The Kier molecular flexibility index (Phi) is 4.45. The molecule has 3 rings (SSSR count). The predicted molar refractivity (Wildman–Crippen MR) is 101 cm³/mol. The third-order valence-electron chi connectivity index (χ3n) is 4.87. The molecule has 0 radical (unpaired) electrons. The summed E-state index contributed by atoms with van der Waals surface area (Å²) in [4.78, 5) is 39.5. The summed E-state index contributed by atoms with van der Waals surface area (Å²) in [6.07, 6.45) is 2.61. The molecular weight excluding hydrogens is 328 g/mol. The zero-order valence-corrected chi connectivity index (χ0v) is 16.3. The number of hydrogen-bond acceptors (Lipinski definition) is 3. The average Bonchev–Trinajstić information content (AvgIpc) is 3.28. The van der Waals surface area contributed by atoms with Crippen LogP contribution in [0.25, 0.3) is 0 Å². The number of hydrogen-bond donors (Lipinski definition) is 1. The van der Waals surface area contributed by atoms with Gasteiger partial charge in [-0.15, -0.1) is 0 Å². The Bertz CT molecular complexity index is 757. The van der Waals surface area contributed by atoms with Gasteiger partial charge in [0.05, 0.1) is 11.3 Å². The quantitative estimate of drug-likeness (QED) is 0.823. The van der Waals surface area contributed by atoms with Gasteiger partial charge in [0, 0.05) is 5.54 Å². The van der Waals surface area contributed by atoms with E-state index in [4.69, 9.17) is 0 Å². The van der Waals surface area contributed by atoms with Crippen molar-refractivity contribution in [1.29, 1.82) is 0 Å². The van der Waals surface area contributed by atoms with Crippen molar-refractivity contribution in [3.8, 4) is 0 Å². The Morgan fingerprint density at radius 2 is 1.77 bits per heavy atom. The maximum atomic E-state index is 13.2. The summed E-state index contributed by atoms with van der Waals surface area (Å²) in [5, 5.41) is 3.13. The van der Waals surface area contributed by atoms with E-state index >= 15 is 0 Å². The molecule has 1 unspecified atom stereocenters. The van der Waals surface area contributed by atoms with Crippen molar-refractivity contribution in [2.45, 2.75) is 65.5 Å². The zero-order valence-electron chi connectivity index (χ0n) is 16.3. The largest absolute Gasteiger partial charge is 0.349 e. The topological polar surface area (TPSA) is 66.5 Å². The number of para-hydroxylation sites is 1. The first-order valence-electron chi connectivity index (χ1n) is 9.29. The van der Waals surface area contributed by atoms with Gasteiger partial charge < -0.3 is 5.32 Å². The van der Waals surface area contributed by atoms with Crippen molar-refractivity contribution in [1.82, 2.24) is 5.32 Å². The highest BCUT2D eigenvalue weighted by molar-refractivity contribution is 6.52. The minimum Gasteiger partial charge on any atom is -0.349 e. The highest BCUT2D eigenvalue weighted by atomic mass is 16.2. The summed E-state index contributed by atoms with van der Waals surface area (Å²) in [5.74, 6) is -1.16. The van der Waals surface area contributed by atoms with Crippen LogP contribution in [0.2, 0.25) is 0 Å². The molecule has 1 aromatic rings. The lowest BCUT2D eigenvalue weighted by Crippen LogP contribution is -2.56. The van der Waals surface area contributed by atoms with Crippen LogP contribution in [-0.4, -0.2) is 29.2 Å². The Balaban J connectivity index is 1.88. The normalized spacial score (nSPS) is 18.7. The van der Waals surface area contributed by atoms with Crippen molar-refractivity contribution in [3.05, 3.63) is 29.8 Å². The van der Waals surface area contributed by atoms with Crippen molar-refractivity contribution >= 4 is 23.3 Å². The van der Waals surface area contributed by atoms with E-state index in [9.17, 15) is 14.4 Å². The molecule has 26 heavy (non-hydrogen) atoms. The Morgan fingerprint density at radius 3 is 2.35 bits per heavy atom. The molecule has 2 amide bonds. The SMILES string of the molecule is CC(C)(C)CC(C)(C)NC(=O)C(C1CC1)N1C(=O)C(=O)c2ccccc21. The molecule has 1 heterocycles. The predicted octanol–water partition coefficient (Wildman–Crippen LogP) is 3.33. The van der Waals surface area contributed by atoms with E-state index in [1.165, 1.54) is 4.90 Å². The Labute approximate surface area is 155 Å². The first-order chi connectivity index (χ1) is 12.0. The van der Waals surface area contributed by atoms with Gasteiger partial charge in [-0.25, -0.2) is 0 Å². The monoisotopic (exact) mass is 356 g/mol. The summed E-state index contributed by atoms with van der Waals surface area (Å²) in [5.41, 5.74) is 0.625. The third-order valence-corrected chi connectivity index (χ3v) is 4.87. The minimum absolute atomic E-state index is 0.0673. The lowest BCUT2D eigenvalue weighted by atomic mass is 9.81. The molecule has 5 heteroatoms. The summed E-state index contributed by atoms with van der Waals surface area (Å²) in [6.45, 7) is 10.4. The second-order valence-electron chi connectivity index (χ2n) is 9.41. The van der Waals surface area contributed by atoms with E-state index in [-0.39, 0.29) is 17.2 Å². The second kappa shape index (κ2) is 6.22. The van der Waals surface area contributed by atoms with Crippen molar-refractivity contribution in [2.75, 3.05) is 4.90 Å². The molecule has 1 saturated carbocycles. The number of Topliss-reactive ketones (excluding diaryl/α,β-unsaturated/α-hetero) is 1. The zero-order chi connectivity index (χ0) is 19.3. The number of anilines is 1. The van der Waals surface area contributed by atoms with Crippen LogP contribution in [-0.2, 0) is 9.59 Å². The van der Waals surface area contributed by atoms with Crippen LogP contribution in [0.3, 0.4) is 0 Å². The smallest absolute Gasteiger partial charge is 0.300 e. The van der Waals surface area contributed by atoms with Crippen molar-refractivity contribution < 1.29 is 14.4 Å². The molecular formula is C21H28N2O3. The molecule has 0 bridgehead atoms. The summed E-state index contributed by atoms with van der Waals surface area (Å²) in [7, 11) is 0. The van der Waals surface area contributed by atoms with Crippen LogP contribution in [0, 0.1) is 11.3 Å². The van der Waals surface area contributed by atoms with E-state index < -0.39 is 23.3 Å². The average molecular weight is 356 g/mol. The molecule has 2 aliphatic rings.